The molecule has 2 aromatic heterocycles. The van der Waals surface area contributed by atoms with Crippen molar-refractivity contribution in [3.8, 4) is 11.9 Å². The van der Waals surface area contributed by atoms with E-state index in [1.165, 1.54) is 25.3 Å². The number of pyridine rings is 1. The van der Waals surface area contributed by atoms with Gasteiger partial charge in [0.15, 0.2) is 5.65 Å². The van der Waals surface area contributed by atoms with E-state index in [9.17, 15) is 14.0 Å². The van der Waals surface area contributed by atoms with Crippen molar-refractivity contribution in [2.75, 3.05) is 19.0 Å². The number of fused-ring (bicyclic) bond motifs is 1. The van der Waals surface area contributed by atoms with Crippen LogP contribution in [0.1, 0.15) is 48.3 Å². The Morgan fingerprint density at radius 2 is 2.03 bits per heavy atom. The maximum atomic E-state index is 13.9. The van der Waals surface area contributed by atoms with Gasteiger partial charge in [-0.25, -0.2) is 9.97 Å². The van der Waals surface area contributed by atoms with Gasteiger partial charge in [-0.1, -0.05) is 18.2 Å². The molecule has 166 valence electrons. The molecule has 0 unspecified atom stereocenters. The molecular formula is C23H23F2N5O2. The number of hydrogen-bond donors (Lipinski definition) is 2. The zero-order chi connectivity index (χ0) is 23.1. The highest BCUT2D eigenvalue weighted by Gasteiger charge is 2.47. The van der Waals surface area contributed by atoms with Crippen LogP contribution in [-0.4, -0.2) is 33.8 Å². The van der Waals surface area contributed by atoms with Crippen LogP contribution in [0.3, 0.4) is 0 Å². The predicted molar refractivity (Wildman–Crippen MR) is 115 cm³/mol. The van der Waals surface area contributed by atoms with Crippen molar-refractivity contribution in [2.24, 2.45) is 0 Å². The Morgan fingerprint density at radius 3 is 2.66 bits per heavy atom. The second-order valence-corrected chi connectivity index (χ2v) is 8.08. The number of hydrogen-bond acceptors (Lipinski definition) is 7. The molecule has 1 aliphatic rings. The molecule has 1 atom stereocenters. The summed E-state index contributed by atoms with van der Waals surface area (Å²) in [6.07, 6.45) is 1.45. The van der Waals surface area contributed by atoms with Crippen LogP contribution in [0.5, 0.6) is 5.88 Å². The molecule has 2 N–H and O–H groups in total. The van der Waals surface area contributed by atoms with Gasteiger partial charge in [-0.3, -0.25) is 0 Å². The molecular weight excluding hydrogens is 416 g/mol. The van der Waals surface area contributed by atoms with Crippen LogP contribution >= 0.6 is 0 Å². The maximum Gasteiger partial charge on any atom is 0.295 e. The Hall–Kier alpha value is -3.38. The van der Waals surface area contributed by atoms with Crippen LogP contribution in [0, 0.1) is 18.3 Å². The molecule has 7 nitrogen and oxygen atoms in total. The van der Waals surface area contributed by atoms with Crippen molar-refractivity contribution in [2.45, 2.75) is 44.1 Å². The average Bonchev–Trinajstić information content (AvgIpc) is 3.59. The number of nitrogens with one attached hydrogen (secondary N) is 1. The molecule has 0 bridgehead atoms. The van der Waals surface area contributed by atoms with Crippen LogP contribution in [-0.2, 0) is 11.3 Å². The summed E-state index contributed by atoms with van der Waals surface area (Å²) in [5.41, 5.74) is 0.848. The Kier molecular flexibility index (Phi) is 5.42. The summed E-state index contributed by atoms with van der Waals surface area (Å²) in [6.45, 7) is 2.30. The molecule has 1 aliphatic carbocycles. The Balaban J connectivity index is 1.76. The fourth-order valence-electron chi connectivity index (χ4n) is 3.74. The fourth-order valence-corrected chi connectivity index (χ4v) is 3.74. The van der Waals surface area contributed by atoms with Gasteiger partial charge in [0, 0.05) is 17.2 Å². The summed E-state index contributed by atoms with van der Waals surface area (Å²) in [5.74, 6) is -1.98. The largest absolute Gasteiger partial charge is 0.481 e. The zero-order valence-electron chi connectivity index (χ0n) is 18.0. The van der Waals surface area contributed by atoms with Crippen molar-refractivity contribution < 1.29 is 18.6 Å². The molecule has 32 heavy (non-hydrogen) atoms. The van der Waals surface area contributed by atoms with E-state index in [2.05, 4.69) is 26.3 Å². The van der Waals surface area contributed by atoms with E-state index in [1.807, 2.05) is 13.0 Å². The van der Waals surface area contributed by atoms with Gasteiger partial charge >= 0.3 is 0 Å². The minimum atomic E-state index is -3.32. The number of aliphatic hydroxyl groups is 1. The van der Waals surface area contributed by atoms with Crippen molar-refractivity contribution in [3.05, 3.63) is 52.8 Å². The number of alkyl halides is 2. The number of ether oxygens (including phenoxy) is 1. The molecule has 0 spiro atoms. The smallest absolute Gasteiger partial charge is 0.295 e. The lowest BCUT2D eigenvalue weighted by atomic mass is 9.97. The van der Waals surface area contributed by atoms with Crippen molar-refractivity contribution in [1.29, 1.82) is 5.26 Å². The summed E-state index contributed by atoms with van der Waals surface area (Å²) in [6, 6.07) is 9.73. The molecule has 0 saturated heterocycles. The first-order chi connectivity index (χ1) is 15.2. The molecule has 0 aliphatic heterocycles. The van der Waals surface area contributed by atoms with Gasteiger partial charge in [0.25, 0.3) is 5.92 Å². The van der Waals surface area contributed by atoms with E-state index < -0.39 is 17.9 Å². The maximum absolute atomic E-state index is 13.9. The van der Waals surface area contributed by atoms with E-state index in [0.717, 1.165) is 12.8 Å². The topological polar surface area (TPSA) is 104 Å². The molecule has 0 amide bonds. The summed E-state index contributed by atoms with van der Waals surface area (Å²) >= 11 is 0. The molecule has 2 heterocycles. The van der Waals surface area contributed by atoms with Crippen LogP contribution in [0.2, 0.25) is 0 Å². The minimum Gasteiger partial charge on any atom is -0.481 e. The molecule has 1 aromatic carbocycles. The van der Waals surface area contributed by atoms with Gasteiger partial charge in [-0.2, -0.15) is 19.0 Å². The number of nitrogens with zero attached hydrogens (tertiary/aromatic N) is 4. The highest BCUT2D eigenvalue weighted by Crippen LogP contribution is 2.51. The van der Waals surface area contributed by atoms with E-state index in [4.69, 9.17) is 9.84 Å². The normalized spacial score (nSPS) is 15.8. The third-order valence-electron chi connectivity index (χ3n) is 5.80. The number of benzene rings is 1. The number of nitriles is 1. The summed E-state index contributed by atoms with van der Waals surface area (Å²) in [5, 5.41) is 22.6. The van der Waals surface area contributed by atoms with Gasteiger partial charge in [0.2, 0.25) is 5.88 Å². The molecule has 4 rings (SSSR count). The first kappa shape index (κ1) is 21.8. The van der Waals surface area contributed by atoms with Crippen molar-refractivity contribution in [3.63, 3.8) is 0 Å². The number of aliphatic hydroxyl groups excluding tert-OH is 1. The van der Waals surface area contributed by atoms with Gasteiger partial charge < -0.3 is 15.2 Å². The molecule has 9 heteroatoms. The van der Waals surface area contributed by atoms with Crippen LogP contribution in [0.25, 0.3) is 11.0 Å². The quantitative estimate of drug-likeness (QED) is 0.570. The SMILES string of the molecule is COc1nc2nc(C)nc(N[C@H](C)c3cccc(C(F)(F)CO)c3)c2cc1C1(C#N)CC1. The van der Waals surface area contributed by atoms with Gasteiger partial charge in [0.05, 0.1) is 24.0 Å². The van der Waals surface area contributed by atoms with Crippen molar-refractivity contribution >= 4 is 16.9 Å². The molecule has 0 radical (unpaired) electrons. The first-order valence-corrected chi connectivity index (χ1v) is 10.2. The Bertz CT molecular complexity index is 1220. The third kappa shape index (κ3) is 3.82. The number of methoxy groups -OCH3 is 1. The number of rotatable bonds is 7. The molecule has 1 fully saturated rings. The number of aromatic nitrogens is 3. The molecule has 3 aromatic rings. The van der Waals surface area contributed by atoms with Crippen LogP contribution < -0.4 is 10.1 Å². The molecule has 1 saturated carbocycles. The average molecular weight is 439 g/mol. The lowest BCUT2D eigenvalue weighted by Crippen LogP contribution is -2.19. The number of halogens is 2. The Morgan fingerprint density at radius 1 is 1.28 bits per heavy atom. The minimum absolute atomic E-state index is 0.256. The monoisotopic (exact) mass is 439 g/mol. The highest BCUT2D eigenvalue weighted by molar-refractivity contribution is 5.88. The van der Waals surface area contributed by atoms with Crippen molar-refractivity contribution in [1.82, 2.24) is 15.0 Å². The summed E-state index contributed by atoms with van der Waals surface area (Å²) < 4.78 is 33.3. The van der Waals surface area contributed by atoms with Gasteiger partial charge in [0.1, 0.15) is 18.2 Å². The third-order valence-corrected chi connectivity index (χ3v) is 5.80. The lowest BCUT2D eigenvalue weighted by Gasteiger charge is -2.20. The lowest BCUT2D eigenvalue weighted by molar-refractivity contribution is -0.0556. The van der Waals surface area contributed by atoms with Gasteiger partial charge in [-0.05, 0) is 44.4 Å². The summed E-state index contributed by atoms with van der Waals surface area (Å²) in [7, 11) is 1.51. The highest BCUT2D eigenvalue weighted by atomic mass is 19.3. The van der Waals surface area contributed by atoms with Crippen LogP contribution in [0.15, 0.2) is 30.3 Å². The first-order valence-electron chi connectivity index (χ1n) is 10.2. The summed E-state index contributed by atoms with van der Waals surface area (Å²) in [4.78, 5) is 13.4. The second-order valence-electron chi connectivity index (χ2n) is 8.08. The van der Waals surface area contributed by atoms with E-state index in [-0.39, 0.29) is 11.6 Å². The van der Waals surface area contributed by atoms with E-state index in [0.29, 0.717) is 39.7 Å². The predicted octanol–water partition coefficient (Wildman–Crippen LogP) is 4.15. The number of aryl methyl sites for hydroxylation is 1. The second kappa shape index (κ2) is 7.95. The zero-order valence-corrected chi connectivity index (χ0v) is 18.0. The Labute approximate surface area is 184 Å². The van der Waals surface area contributed by atoms with Gasteiger partial charge in [-0.15, -0.1) is 0 Å². The standard InChI is InChI=1S/C23H23F2N5O2/c1-13(15-5-4-6-16(9-15)23(24,25)12-31)27-19-17-10-18(22(11-26)7-8-22)21(32-3)30-20(17)29-14(2)28-19/h4-6,9-10,13,31H,7-8,12H2,1-3H3,(H,27,28,29,30)/t13-/m1/s1. The van der Waals surface area contributed by atoms with Crippen LogP contribution in [0.4, 0.5) is 14.6 Å². The van der Waals surface area contributed by atoms with E-state index >= 15 is 0 Å². The van der Waals surface area contributed by atoms with E-state index in [1.54, 1.807) is 13.0 Å². The number of anilines is 1. The fraction of sp³-hybridized carbons (Fsp3) is 0.391.